The van der Waals surface area contributed by atoms with Crippen LogP contribution < -0.4 is 10.2 Å². The fraction of sp³-hybridized carbons (Fsp3) is 0.312. The summed E-state index contributed by atoms with van der Waals surface area (Å²) in [6.45, 7) is 2.39. The van der Waals surface area contributed by atoms with Gasteiger partial charge in [-0.25, -0.2) is 14.6 Å². The van der Waals surface area contributed by atoms with Crippen LogP contribution in [0.1, 0.15) is 23.7 Å². The molecule has 1 heterocycles. The number of nitrogens with zero attached hydrogens (tertiary/aromatic N) is 2. The number of rotatable bonds is 5. The molecule has 122 valence electrons. The smallest absolute Gasteiger partial charge is 0.373 e. The number of aromatic nitrogens is 1. The van der Waals surface area contributed by atoms with Gasteiger partial charge in [0.15, 0.2) is 5.13 Å². The van der Waals surface area contributed by atoms with Crippen LogP contribution in [0.25, 0.3) is 11.3 Å². The SMILES string of the molecule is CCCNC(=O)OC(=O)c1ccc(-c2csc(N(C)C)n2)cc1. The number of ether oxygens (including phenoxy) is 1. The van der Waals surface area contributed by atoms with Crippen molar-refractivity contribution >= 4 is 28.5 Å². The fourth-order valence-electron chi connectivity index (χ4n) is 1.79. The molecular formula is C16H19N3O3S. The van der Waals surface area contributed by atoms with Crippen LogP contribution in [0.4, 0.5) is 9.93 Å². The molecule has 0 spiro atoms. The molecule has 23 heavy (non-hydrogen) atoms. The number of hydrogen-bond acceptors (Lipinski definition) is 6. The number of carbonyl (C=O) groups excluding carboxylic acids is 2. The minimum atomic E-state index is -0.726. The molecule has 0 aliphatic carbocycles. The summed E-state index contributed by atoms with van der Waals surface area (Å²) in [5, 5.41) is 5.36. The van der Waals surface area contributed by atoms with Crippen molar-refractivity contribution in [3.05, 3.63) is 35.2 Å². The number of alkyl carbamates (subject to hydrolysis) is 1. The lowest BCUT2D eigenvalue weighted by atomic mass is 10.1. The van der Waals surface area contributed by atoms with E-state index in [4.69, 9.17) is 4.74 Å². The van der Waals surface area contributed by atoms with E-state index in [1.165, 1.54) is 0 Å². The Morgan fingerprint density at radius 2 is 1.96 bits per heavy atom. The molecule has 0 saturated carbocycles. The number of benzene rings is 1. The molecule has 6 nitrogen and oxygen atoms in total. The zero-order chi connectivity index (χ0) is 16.8. The summed E-state index contributed by atoms with van der Waals surface area (Å²) in [5.41, 5.74) is 2.07. The maximum atomic E-state index is 11.9. The highest BCUT2D eigenvalue weighted by molar-refractivity contribution is 7.14. The molecule has 0 radical (unpaired) electrons. The van der Waals surface area contributed by atoms with Gasteiger partial charge in [-0.2, -0.15) is 0 Å². The lowest BCUT2D eigenvalue weighted by Crippen LogP contribution is -2.27. The average Bonchev–Trinajstić information content (AvgIpc) is 3.03. The van der Waals surface area contributed by atoms with E-state index >= 15 is 0 Å². The molecule has 1 N–H and O–H groups in total. The molecule has 1 amide bonds. The standard InChI is InChI=1S/C16H19N3O3S/c1-4-9-17-16(21)22-14(20)12-7-5-11(6-8-12)13-10-23-15(18-13)19(2)3/h5-8,10H,4,9H2,1-3H3,(H,17,21). The summed E-state index contributed by atoms with van der Waals surface area (Å²) in [6.07, 6.45) is 0.0525. The first-order valence-electron chi connectivity index (χ1n) is 7.24. The molecular weight excluding hydrogens is 314 g/mol. The monoisotopic (exact) mass is 333 g/mol. The molecule has 2 rings (SSSR count). The third-order valence-corrected chi connectivity index (χ3v) is 4.00. The summed E-state index contributed by atoms with van der Waals surface area (Å²) >= 11 is 1.55. The van der Waals surface area contributed by atoms with Gasteiger partial charge in [0, 0.05) is 31.6 Å². The highest BCUT2D eigenvalue weighted by atomic mass is 32.1. The summed E-state index contributed by atoms with van der Waals surface area (Å²) in [4.78, 5) is 29.7. The molecule has 0 fully saturated rings. The maximum Gasteiger partial charge on any atom is 0.415 e. The third kappa shape index (κ3) is 4.53. The van der Waals surface area contributed by atoms with Crippen molar-refractivity contribution in [3.8, 4) is 11.3 Å². The molecule has 0 atom stereocenters. The highest BCUT2D eigenvalue weighted by Crippen LogP contribution is 2.26. The predicted molar refractivity (Wildman–Crippen MR) is 91.0 cm³/mol. The van der Waals surface area contributed by atoms with Crippen molar-refractivity contribution in [1.29, 1.82) is 0 Å². The van der Waals surface area contributed by atoms with Gasteiger partial charge in [-0.1, -0.05) is 19.1 Å². The second-order valence-electron chi connectivity index (χ2n) is 5.09. The Morgan fingerprint density at radius 1 is 1.26 bits per heavy atom. The molecule has 1 aromatic heterocycles. The Bertz CT molecular complexity index is 680. The first-order valence-corrected chi connectivity index (χ1v) is 8.12. The minimum Gasteiger partial charge on any atom is -0.373 e. The number of esters is 1. The van der Waals surface area contributed by atoms with Gasteiger partial charge in [0.25, 0.3) is 0 Å². The highest BCUT2D eigenvalue weighted by Gasteiger charge is 2.13. The van der Waals surface area contributed by atoms with Crippen LogP contribution in [0.5, 0.6) is 0 Å². The summed E-state index contributed by atoms with van der Waals surface area (Å²) in [7, 11) is 3.87. The first-order chi connectivity index (χ1) is 11.0. The zero-order valence-corrected chi connectivity index (χ0v) is 14.1. The van der Waals surface area contributed by atoms with Crippen LogP contribution >= 0.6 is 11.3 Å². The lowest BCUT2D eigenvalue weighted by Gasteiger charge is -2.06. The third-order valence-electron chi connectivity index (χ3n) is 3.00. The van der Waals surface area contributed by atoms with E-state index < -0.39 is 12.1 Å². The Hall–Kier alpha value is -2.41. The quantitative estimate of drug-likeness (QED) is 0.672. The Balaban J connectivity index is 2.03. The van der Waals surface area contributed by atoms with Gasteiger partial charge >= 0.3 is 12.1 Å². The van der Waals surface area contributed by atoms with Crippen molar-refractivity contribution < 1.29 is 14.3 Å². The van der Waals surface area contributed by atoms with Crippen LogP contribution in [0.2, 0.25) is 0 Å². The van der Waals surface area contributed by atoms with Gasteiger partial charge in [0.05, 0.1) is 11.3 Å². The van der Waals surface area contributed by atoms with E-state index in [0.29, 0.717) is 12.1 Å². The first kappa shape index (κ1) is 17.0. The fourth-order valence-corrected chi connectivity index (χ4v) is 2.55. The minimum absolute atomic E-state index is 0.323. The number of nitrogens with one attached hydrogen (secondary N) is 1. The molecule has 0 saturated heterocycles. The van der Waals surface area contributed by atoms with Crippen LogP contribution in [0, 0.1) is 0 Å². The molecule has 0 unspecified atom stereocenters. The van der Waals surface area contributed by atoms with Crippen LogP contribution in [0.3, 0.4) is 0 Å². The van der Waals surface area contributed by atoms with Crippen molar-refractivity contribution in [2.24, 2.45) is 0 Å². The topological polar surface area (TPSA) is 71.5 Å². The van der Waals surface area contributed by atoms with E-state index in [-0.39, 0.29) is 0 Å². The maximum absolute atomic E-state index is 11.9. The summed E-state index contributed by atoms with van der Waals surface area (Å²) in [6, 6.07) is 6.82. The number of carbonyl (C=O) groups is 2. The van der Waals surface area contributed by atoms with Crippen LogP contribution in [-0.2, 0) is 4.74 Å². The average molecular weight is 333 g/mol. The molecule has 7 heteroatoms. The van der Waals surface area contributed by atoms with E-state index in [2.05, 4.69) is 10.3 Å². The normalized spacial score (nSPS) is 10.2. The second kappa shape index (κ2) is 7.73. The van der Waals surface area contributed by atoms with Crippen molar-refractivity contribution in [2.45, 2.75) is 13.3 Å². The molecule has 0 bridgehead atoms. The number of amides is 1. The number of anilines is 1. The Kier molecular flexibility index (Phi) is 5.70. The largest absolute Gasteiger partial charge is 0.415 e. The van der Waals surface area contributed by atoms with Gasteiger partial charge in [0.2, 0.25) is 0 Å². The molecule has 1 aromatic carbocycles. The lowest BCUT2D eigenvalue weighted by molar-refractivity contribution is 0.0622. The van der Waals surface area contributed by atoms with Crippen molar-refractivity contribution in [2.75, 3.05) is 25.5 Å². The summed E-state index contributed by atoms with van der Waals surface area (Å²) < 4.78 is 4.71. The molecule has 0 aliphatic rings. The van der Waals surface area contributed by atoms with Gasteiger partial charge in [-0.05, 0) is 18.6 Å². The van der Waals surface area contributed by atoms with Gasteiger partial charge in [-0.3, -0.25) is 0 Å². The Labute approximate surface area is 139 Å². The van der Waals surface area contributed by atoms with E-state index in [1.54, 1.807) is 35.6 Å². The van der Waals surface area contributed by atoms with Crippen molar-refractivity contribution in [3.63, 3.8) is 0 Å². The van der Waals surface area contributed by atoms with E-state index in [0.717, 1.165) is 22.8 Å². The van der Waals surface area contributed by atoms with E-state index in [9.17, 15) is 9.59 Å². The van der Waals surface area contributed by atoms with E-state index in [1.807, 2.05) is 31.3 Å². The Morgan fingerprint density at radius 3 is 2.52 bits per heavy atom. The second-order valence-corrected chi connectivity index (χ2v) is 5.93. The number of hydrogen-bond donors (Lipinski definition) is 1. The van der Waals surface area contributed by atoms with Crippen LogP contribution in [0.15, 0.2) is 29.6 Å². The summed E-state index contributed by atoms with van der Waals surface area (Å²) in [5.74, 6) is -0.669. The molecule has 0 aliphatic heterocycles. The van der Waals surface area contributed by atoms with Gasteiger partial charge in [0.1, 0.15) is 0 Å². The predicted octanol–water partition coefficient (Wildman–Crippen LogP) is 3.15. The van der Waals surface area contributed by atoms with Gasteiger partial charge < -0.3 is 15.0 Å². The van der Waals surface area contributed by atoms with Crippen LogP contribution in [-0.4, -0.2) is 37.7 Å². The zero-order valence-electron chi connectivity index (χ0n) is 13.3. The van der Waals surface area contributed by atoms with Crippen molar-refractivity contribution in [1.82, 2.24) is 10.3 Å². The molecule has 2 aromatic rings. The van der Waals surface area contributed by atoms with Gasteiger partial charge in [-0.15, -0.1) is 11.3 Å². The number of thiazole rings is 1.